The molecule has 0 aromatic carbocycles. The van der Waals surface area contributed by atoms with Gasteiger partial charge in [-0.25, -0.2) is 9.67 Å². The first-order valence-corrected chi connectivity index (χ1v) is 4.66. The second kappa shape index (κ2) is 3.76. The Morgan fingerprint density at radius 2 is 2.00 bits per heavy atom. The molecule has 2 heterocycles. The molecule has 2 rings (SSSR count). The van der Waals surface area contributed by atoms with Gasteiger partial charge in [0.2, 0.25) is 0 Å². The number of pyridine rings is 1. The predicted molar refractivity (Wildman–Crippen MR) is 52.8 cm³/mol. The number of hydrogen-bond acceptors (Lipinski definition) is 3. The van der Waals surface area contributed by atoms with Gasteiger partial charge >= 0.3 is 6.18 Å². The second-order valence-electron chi connectivity index (χ2n) is 3.51. The lowest BCUT2D eigenvalue weighted by Crippen LogP contribution is -2.04. The minimum absolute atomic E-state index is 0.0468. The fraction of sp³-hybridized carbons (Fsp3) is 0.200. The molecular formula is C10H8F3N3O. The zero-order valence-electron chi connectivity index (χ0n) is 8.73. The van der Waals surface area contributed by atoms with Crippen LogP contribution in [0.3, 0.4) is 0 Å². The number of rotatable bonds is 1. The van der Waals surface area contributed by atoms with Gasteiger partial charge in [-0.3, -0.25) is 0 Å². The summed E-state index contributed by atoms with van der Waals surface area (Å²) in [5, 5.41) is 12.7. The molecule has 7 heteroatoms. The summed E-state index contributed by atoms with van der Waals surface area (Å²) >= 11 is 0. The molecule has 0 atom stereocenters. The molecule has 0 bridgehead atoms. The zero-order valence-corrected chi connectivity index (χ0v) is 8.73. The summed E-state index contributed by atoms with van der Waals surface area (Å²) in [6.45, 7) is 1.62. The van der Waals surface area contributed by atoms with Crippen molar-refractivity contribution in [1.82, 2.24) is 14.8 Å². The van der Waals surface area contributed by atoms with Crippen LogP contribution in [-0.4, -0.2) is 19.9 Å². The Morgan fingerprint density at radius 1 is 1.29 bits per heavy atom. The van der Waals surface area contributed by atoms with Crippen molar-refractivity contribution in [3.8, 4) is 11.6 Å². The third-order valence-corrected chi connectivity index (χ3v) is 2.16. The molecule has 0 aliphatic heterocycles. The van der Waals surface area contributed by atoms with Crippen LogP contribution in [0.2, 0.25) is 0 Å². The maximum Gasteiger partial charge on any atom is 0.419 e. The molecule has 0 spiro atoms. The van der Waals surface area contributed by atoms with E-state index in [1.54, 1.807) is 6.92 Å². The molecule has 17 heavy (non-hydrogen) atoms. The van der Waals surface area contributed by atoms with Crippen LogP contribution in [0.25, 0.3) is 5.82 Å². The Balaban J connectivity index is 2.44. The normalized spacial score (nSPS) is 11.8. The molecule has 0 aliphatic rings. The van der Waals surface area contributed by atoms with Crippen LogP contribution in [0.15, 0.2) is 24.7 Å². The molecule has 0 radical (unpaired) electrons. The van der Waals surface area contributed by atoms with Gasteiger partial charge in [0, 0.05) is 6.20 Å². The minimum atomic E-state index is -4.43. The Morgan fingerprint density at radius 3 is 2.53 bits per heavy atom. The lowest BCUT2D eigenvalue weighted by Gasteiger charge is -2.05. The summed E-state index contributed by atoms with van der Waals surface area (Å²) in [4.78, 5) is 3.83. The van der Waals surface area contributed by atoms with E-state index < -0.39 is 11.7 Å². The van der Waals surface area contributed by atoms with Crippen molar-refractivity contribution >= 4 is 0 Å². The predicted octanol–water partition coefficient (Wildman–Crippen LogP) is 2.30. The van der Waals surface area contributed by atoms with Gasteiger partial charge in [0.15, 0.2) is 5.82 Å². The highest BCUT2D eigenvalue weighted by atomic mass is 19.4. The van der Waals surface area contributed by atoms with Gasteiger partial charge in [-0.2, -0.15) is 18.3 Å². The number of aryl methyl sites for hydroxylation is 1. The highest BCUT2D eigenvalue weighted by molar-refractivity contribution is 5.37. The number of aromatic nitrogens is 3. The standard InChI is InChI=1S/C10H8F3N3O/c1-6-2-8(17)4-14-9(6)16-5-7(3-15-16)10(11,12)13/h2-5,17H,1H3. The molecule has 0 amide bonds. The van der Waals surface area contributed by atoms with Crippen molar-refractivity contribution in [2.45, 2.75) is 13.1 Å². The maximum atomic E-state index is 12.4. The van der Waals surface area contributed by atoms with E-state index in [1.165, 1.54) is 6.07 Å². The molecule has 90 valence electrons. The molecular weight excluding hydrogens is 235 g/mol. The molecule has 0 fully saturated rings. The molecule has 0 unspecified atom stereocenters. The average Bonchev–Trinajstić information content (AvgIpc) is 2.65. The van der Waals surface area contributed by atoms with Crippen LogP contribution in [0.1, 0.15) is 11.1 Å². The van der Waals surface area contributed by atoms with Gasteiger partial charge in [0.05, 0.1) is 18.0 Å². The smallest absolute Gasteiger partial charge is 0.419 e. The lowest BCUT2D eigenvalue weighted by atomic mass is 10.3. The summed E-state index contributed by atoms with van der Waals surface area (Å²) in [6, 6.07) is 1.40. The molecule has 4 nitrogen and oxygen atoms in total. The van der Waals surface area contributed by atoms with Crippen molar-refractivity contribution in [2.75, 3.05) is 0 Å². The molecule has 0 saturated heterocycles. The Kier molecular flexibility index (Phi) is 2.53. The molecule has 0 aliphatic carbocycles. The third kappa shape index (κ3) is 2.22. The van der Waals surface area contributed by atoms with Gasteiger partial charge < -0.3 is 5.11 Å². The van der Waals surface area contributed by atoms with Crippen LogP contribution >= 0.6 is 0 Å². The number of hydrogen-bond donors (Lipinski definition) is 1. The van der Waals surface area contributed by atoms with Crippen molar-refractivity contribution < 1.29 is 18.3 Å². The van der Waals surface area contributed by atoms with E-state index in [0.717, 1.165) is 23.3 Å². The summed E-state index contributed by atoms with van der Waals surface area (Å²) in [7, 11) is 0. The summed E-state index contributed by atoms with van der Waals surface area (Å²) in [5.74, 6) is 0.202. The Bertz CT molecular complexity index is 548. The van der Waals surface area contributed by atoms with E-state index in [1.807, 2.05) is 0 Å². The van der Waals surface area contributed by atoms with Crippen LogP contribution in [0.5, 0.6) is 5.75 Å². The highest BCUT2D eigenvalue weighted by Crippen LogP contribution is 2.29. The number of alkyl halides is 3. The fourth-order valence-electron chi connectivity index (χ4n) is 1.38. The van der Waals surface area contributed by atoms with E-state index >= 15 is 0 Å². The van der Waals surface area contributed by atoms with Crippen LogP contribution in [-0.2, 0) is 6.18 Å². The molecule has 2 aromatic rings. The monoisotopic (exact) mass is 243 g/mol. The zero-order chi connectivity index (χ0) is 12.6. The highest BCUT2D eigenvalue weighted by Gasteiger charge is 2.32. The van der Waals surface area contributed by atoms with Gasteiger partial charge in [-0.1, -0.05) is 0 Å². The number of aromatic hydroxyl groups is 1. The van der Waals surface area contributed by atoms with Crippen molar-refractivity contribution in [3.63, 3.8) is 0 Å². The van der Waals surface area contributed by atoms with Crippen molar-refractivity contribution in [1.29, 1.82) is 0 Å². The second-order valence-corrected chi connectivity index (χ2v) is 3.51. The van der Waals surface area contributed by atoms with Gasteiger partial charge in [-0.05, 0) is 18.6 Å². The van der Waals surface area contributed by atoms with Gasteiger partial charge in [-0.15, -0.1) is 0 Å². The molecule has 0 saturated carbocycles. The van der Waals surface area contributed by atoms with Crippen molar-refractivity contribution in [2.24, 2.45) is 0 Å². The Hall–Kier alpha value is -2.05. The lowest BCUT2D eigenvalue weighted by molar-refractivity contribution is -0.137. The van der Waals surface area contributed by atoms with E-state index in [0.29, 0.717) is 5.56 Å². The van der Waals surface area contributed by atoms with E-state index in [2.05, 4.69) is 10.1 Å². The SMILES string of the molecule is Cc1cc(O)cnc1-n1cc(C(F)(F)F)cn1. The summed E-state index contributed by atoms with van der Waals surface area (Å²) < 4.78 is 38.1. The first kappa shape index (κ1) is 11.4. The number of halogens is 3. The molecule has 2 aromatic heterocycles. The number of nitrogens with zero attached hydrogens (tertiary/aromatic N) is 3. The van der Waals surface area contributed by atoms with Gasteiger partial charge in [0.1, 0.15) is 5.75 Å². The molecule has 1 N–H and O–H groups in total. The maximum absolute atomic E-state index is 12.4. The first-order chi connectivity index (χ1) is 7.88. The van der Waals surface area contributed by atoms with E-state index in [-0.39, 0.29) is 11.6 Å². The van der Waals surface area contributed by atoms with Crippen LogP contribution < -0.4 is 0 Å². The largest absolute Gasteiger partial charge is 0.506 e. The minimum Gasteiger partial charge on any atom is -0.506 e. The Labute approximate surface area is 94.3 Å². The fourth-order valence-corrected chi connectivity index (χ4v) is 1.38. The van der Waals surface area contributed by atoms with Crippen molar-refractivity contribution in [3.05, 3.63) is 35.8 Å². The van der Waals surface area contributed by atoms with E-state index in [9.17, 15) is 13.2 Å². The van der Waals surface area contributed by atoms with E-state index in [4.69, 9.17) is 5.11 Å². The van der Waals surface area contributed by atoms with Crippen LogP contribution in [0.4, 0.5) is 13.2 Å². The van der Waals surface area contributed by atoms with Gasteiger partial charge in [0.25, 0.3) is 0 Å². The quantitative estimate of drug-likeness (QED) is 0.836. The third-order valence-electron chi connectivity index (χ3n) is 2.16. The first-order valence-electron chi connectivity index (χ1n) is 4.66. The summed E-state index contributed by atoms with van der Waals surface area (Å²) in [5.41, 5.74) is -0.311. The van der Waals surface area contributed by atoms with Crippen LogP contribution in [0, 0.1) is 6.92 Å². The summed E-state index contributed by atoms with van der Waals surface area (Å²) in [6.07, 6.45) is -1.69. The topological polar surface area (TPSA) is 50.9 Å². The average molecular weight is 243 g/mol.